The summed E-state index contributed by atoms with van der Waals surface area (Å²) >= 11 is 0. The summed E-state index contributed by atoms with van der Waals surface area (Å²) in [6, 6.07) is 20.6. The van der Waals surface area contributed by atoms with Crippen molar-refractivity contribution < 1.29 is 4.48 Å². The summed E-state index contributed by atoms with van der Waals surface area (Å²) in [6.07, 6.45) is 15.2. The van der Waals surface area contributed by atoms with Crippen LogP contribution in [0, 0.1) is 0 Å². The molecule has 0 bridgehead atoms. The molecule has 0 aliphatic rings. The van der Waals surface area contributed by atoms with Crippen LogP contribution >= 0.6 is 0 Å². The average Bonchev–Trinajstić information content (AvgIpc) is 2.78. The third-order valence-electron chi connectivity index (χ3n) is 7.14. The van der Waals surface area contributed by atoms with Gasteiger partial charge in [0.2, 0.25) is 0 Å². The molecule has 0 fully saturated rings. The maximum absolute atomic E-state index is 2.38. The predicted molar refractivity (Wildman–Crippen MR) is 143 cm³/mol. The van der Waals surface area contributed by atoms with Gasteiger partial charge >= 0.3 is 0 Å². The molecular formula is C31H42N+. The number of hydrogen-bond donors (Lipinski definition) is 0. The van der Waals surface area contributed by atoms with Crippen molar-refractivity contribution in [3.05, 3.63) is 60.2 Å². The number of quaternary nitrogens is 1. The van der Waals surface area contributed by atoms with Crippen molar-refractivity contribution in [2.75, 3.05) is 27.7 Å². The fourth-order valence-electron chi connectivity index (χ4n) is 5.33. The van der Waals surface area contributed by atoms with E-state index in [1.165, 1.54) is 115 Å². The molecule has 1 heteroatoms. The summed E-state index contributed by atoms with van der Waals surface area (Å²) in [7, 11) is 6.89. The van der Waals surface area contributed by atoms with Gasteiger partial charge in [0.1, 0.15) is 0 Å². The van der Waals surface area contributed by atoms with Gasteiger partial charge in [-0.3, -0.25) is 0 Å². The van der Waals surface area contributed by atoms with Gasteiger partial charge in [0.05, 0.1) is 27.7 Å². The molecule has 0 amide bonds. The summed E-state index contributed by atoms with van der Waals surface area (Å²) < 4.78 is 1.11. The molecule has 0 aliphatic carbocycles. The average molecular weight is 429 g/mol. The highest BCUT2D eigenvalue weighted by molar-refractivity contribution is 6.23. The van der Waals surface area contributed by atoms with E-state index in [1.807, 2.05) is 0 Å². The number of hydrogen-bond acceptors (Lipinski definition) is 0. The molecule has 0 unspecified atom stereocenters. The van der Waals surface area contributed by atoms with Crippen LogP contribution in [0.2, 0.25) is 0 Å². The monoisotopic (exact) mass is 428 g/mol. The maximum Gasteiger partial charge on any atom is 0.0780 e. The van der Waals surface area contributed by atoms with Crippen molar-refractivity contribution >= 4 is 32.3 Å². The Morgan fingerprint density at radius 2 is 1.00 bits per heavy atom. The zero-order valence-electron chi connectivity index (χ0n) is 20.6. The minimum absolute atomic E-state index is 1.11. The highest BCUT2D eigenvalue weighted by atomic mass is 15.3. The van der Waals surface area contributed by atoms with Gasteiger partial charge in [0.25, 0.3) is 0 Å². The first-order chi connectivity index (χ1) is 15.5. The molecule has 4 aromatic carbocycles. The Labute approximate surface area is 195 Å². The molecule has 0 aromatic heterocycles. The lowest BCUT2D eigenvalue weighted by atomic mass is 9.90. The van der Waals surface area contributed by atoms with Gasteiger partial charge < -0.3 is 4.48 Å². The van der Waals surface area contributed by atoms with E-state index in [1.54, 1.807) is 0 Å². The van der Waals surface area contributed by atoms with Gasteiger partial charge in [-0.05, 0) is 63.6 Å². The van der Waals surface area contributed by atoms with Crippen molar-refractivity contribution in [1.29, 1.82) is 0 Å². The molecule has 0 atom stereocenters. The molecule has 0 radical (unpaired) electrons. The Hall–Kier alpha value is -2.12. The number of aryl methyl sites for hydroxylation is 1. The third kappa shape index (κ3) is 5.81. The second-order valence-corrected chi connectivity index (χ2v) is 10.9. The van der Waals surface area contributed by atoms with Gasteiger partial charge in [-0.15, -0.1) is 0 Å². The lowest BCUT2D eigenvalue weighted by Crippen LogP contribution is -2.35. The molecule has 0 N–H and O–H groups in total. The van der Waals surface area contributed by atoms with E-state index in [-0.39, 0.29) is 0 Å². The number of unbranched alkanes of at least 4 members (excludes halogenated alkanes) is 9. The second-order valence-electron chi connectivity index (χ2n) is 10.9. The zero-order chi connectivity index (χ0) is 22.4. The third-order valence-corrected chi connectivity index (χ3v) is 7.14. The van der Waals surface area contributed by atoms with Crippen molar-refractivity contribution in [3.63, 3.8) is 0 Å². The molecule has 32 heavy (non-hydrogen) atoms. The molecule has 0 saturated heterocycles. The van der Waals surface area contributed by atoms with Crippen LogP contribution in [0.5, 0.6) is 0 Å². The van der Waals surface area contributed by atoms with Crippen LogP contribution in [0.25, 0.3) is 32.3 Å². The zero-order valence-corrected chi connectivity index (χ0v) is 20.6. The fraction of sp³-hybridized carbons (Fsp3) is 0.484. The van der Waals surface area contributed by atoms with Crippen LogP contribution in [-0.4, -0.2) is 32.2 Å². The van der Waals surface area contributed by atoms with Crippen molar-refractivity contribution in [3.8, 4) is 0 Å². The van der Waals surface area contributed by atoms with Crippen LogP contribution in [-0.2, 0) is 6.42 Å². The van der Waals surface area contributed by atoms with Crippen molar-refractivity contribution in [1.82, 2.24) is 0 Å². The molecule has 0 heterocycles. The Morgan fingerprint density at radius 3 is 1.62 bits per heavy atom. The smallest absolute Gasteiger partial charge is 0.0780 e. The highest BCUT2D eigenvalue weighted by Gasteiger charge is 2.10. The summed E-state index contributed by atoms with van der Waals surface area (Å²) in [6.45, 7) is 1.31. The topological polar surface area (TPSA) is 0 Å². The first kappa shape index (κ1) is 23.1. The van der Waals surface area contributed by atoms with Gasteiger partial charge in [0, 0.05) is 0 Å². The summed E-state index contributed by atoms with van der Waals surface area (Å²) in [5, 5.41) is 8.50. The van der Waals surface area contributed by atoms with E-state index in [4.69, 9.17) is 0 Å². The largest absolute Gasteiger partial charge is 0.331 e. The molecule has 170 valence electrons. The molecule has 4 aromatic rings. The van der Waals surface area contributed by atoms with Crippen molar-refractivity contribution in [2.24, 2.45) is 0 Å². The van der Waals surface area contributed by atoms with E-state index >= 15 is 0 Å². The lowest BCUT2D eigenvalue weighted by molar-refractivity contribution is -0.870. The molecule has 0 aliphatic heterocycles. The molecule has 0 saturated carbocycles. The Balaban J connectivity index is 1.19. The minimum Gasteiger partial charge on any atom is -0.331 e. The van der Waals surface area contributed by atoms with E-state index in [2.05, 4.69) is 75.7 Å². The van der Waals surface area contributed by atoms with Crippen molar-refractivity contribution in [2.45, 2.75) is 70.6 Å². The predicted octanol–water partition coefficient (Wildman–Crippen LogP) is 8.73. The standard InChI is InChI=1S/C31H42N/c1-32(2,3)24-13-11-9-7-5-4-6-8-10-12-15-25-18-19-28-21-20-26-16-14-17-27-22-23-29(25)31(28)30(26)27/h14,16-23H,4-13,15,24H2,1-3H3/q+1. The minimum atomic E-state index is 1.11. The first-order valence-electron chi connectivity index (χ1n) is 13.0. The van der Waals surface area contributed by atoms with Crippen LogP contribution < -0.4 is 0 Å². The Bertz CT molecular complexity index is 1100. The normalized spacial score (nSPS) is 12.5. The quantitative estimate of drug-likeness (QED) is 0.113. The summed E-state index contributed by atoms with van der Waals surface area (Å²) in [5.74, 6) is 0. The van der Waals surface area contributed by atoms with Crippen LogP contribution in [0.1, 0.15) is 69.8 Å². The van der Waals surface area contributed by atoms with Gasteiger partial charge in [0.15, 0.2) is 0 Å². The summed E-state index contributed by atoms with van der Waals surface area (Å²) in [4.78, 5) is 0. The fourth-order valence-corrected chi connectivity index (χ4v) is 5.33. The van der Waals surface area contributed by atoms with E-state index in [0.717, 1.165) is 4.48 Å². The molecular weight excluding hydrogens is 386 g/mol. The number of benzene rings is 4. The first-order valence-corrected chi connectivity index (χ1v) is 13.0. The maximum atomic E-state index is 2.38. The number of nitrogens with zero attached hydrogens (tertiary/aromatic N) is 1. The van der Waals surface area contributed by atoms with E-state index in [0.29, 0.717) is 0 Å². The second kappa shape index (κ2) is 10.7. The molecule has 0 spiro atoms. The lowest BCUT2D eigenvalue weighted by Gasteiger charge is -2.23. The van der Waals surface area contributed by atoms with Gasteiger partial charge in [-0.25, -0.2) is 0 Å². The van der Waals surface area contributed by atoms with Crippen LogP contribution in [0.4, 0.5) is 0 Å². The van der Waals surface area contributed by atoms with Crippen LogP contribution in [0.15, 0.2) is 54.6 Å². The SMILES string of the molecule is C[N+](C)(C)CCCCCCCCCCCCc1ccc2ccc3cccc4ccc1c2c34. The summed E-state index contributed by atoms with van der Waals surface area (Å²) in [5.41, 5.74) is 1.53. The van der Waals surface area contributed by atoms with E-state index < -0.39 is 0 Å². The van der Waals surface area contributed by atoms with Crippen LogP contribution in [0.3, 0.4) is 0 Å². The highest BCUT2D eigenvalue weighted by Crippen LogP contribution is 2.36. The Morgan fingerprint density at radius 1 is 0.500 bits per heavy atom. The van der Waals surface area contributed by atoms with Gasteiger partial charge in [-0.2, -0.15) is 0 Å². The van der Waals surface area contributed by atoms with E-state index in [9.17, 15) is 0 Å². The Kier molecular flexibility index (Phi) is 7.68. The molecule has 1 nitrogen and oxygen atoms in total. The van der Waals surface area contributed by atoms with Gasteiger partial charge in [-0.1, -0.05) is 99.5 Å². The number of rotatable bonds is 13. The molecule has 4 rings (SSSR count).